The number of anilines is 1. The number of hydrogen-bond acceptors (Lipinski definition) is 4. The van der Waals surface area contributed by atoms with E-state index in [0.29, 0.717) is 22.0 Å². The third-order valence-electron chi connectivity index (χ3n) is 4.04. The Morgan fingerprint density at radius 1 is 1.00 bits per heavy atom. The Kier molecular flexibility index (Phi) is 6.02. The summed E-state index contributed by atoms with van der Waals surface area (Å²) in [5.41, 5.74) is 3.07. The van der Waals surface area contributed by atoms with E-state index in [-0.39, 0.29) is 4.90 Å². The van der Waals surface area contributed by atoms with Gasteiger partial charge in [-0.15, -0.1) is 0 Å². The second kappa shape index (κ2) is 8.46. The molecule has 5 nitrogen and oxygen atoms in total. The van der Waals surface area contributed by atoms with Gasteiger partial charge in [-0.3, -0.25) is 4.72 Å². The van der Waals surface area contributed by atoms with Gasteiger partial charge in [0.1, 0.15) is 12.8 Å². The molecule has 3 aromatic rings. The number of sulfonamides is 1. The molecule has 3 aromatic carbocycles. The van der Waals surface area contributed by atoms with Crippen LogP contribution in [0.1, 0.15) is 16.7 Å². The number of oxime groups is 1. The van der Waals surface area contributed by atoms with Crippen molar-refractivity contribution in [2.45, 2.75) is 11.8 Å². The predicted octanol–water partition coefficient (Wildman–Crippen LogP) is 4.85. The minimum Gasteiger partial charge on any atom is -0.399 e. The van der Waals surface area contributed by atoms with Gasteiger partial charge in [0, 0.05) is 16.1 Å². The van der Waals surface area contributed by atoms with E-state index < -0.39 is 10.0 Å². The summed E-state index contributed by atoms with van der Waals surface area (Å²) < 4.78 is 28.3. The van der Waals surface area contributed by atoms with Crippen LogP contribution in [0.4, 0.5) is 5.69 Å². The lowest BCUT2D eigenvalue weighted by Crippen LogP contribution is -2.16. The molecule has 0 atom stereocenters. The van der Waals surface area contributed by atoms with Crippen LogP contribution in [0.2, 0.25) is 5.02 Å². The van der Waals surface area contributed by atoms with Crippen LogP contribution < -0.4 is 4.72 Å². The monoisotopic (exact) mass is 414 g/mol. The summed E-state index contributed by atoms with van der Waals surface area (Å²) in [5, 5.41) is 4.56. The minimum atomic E-state index is -3.78. The average Bonchev–Trinajstić information content (AvgIpc) is 2.68. The molecule has 0 heterocycles. The number of benzene rings is 3. The fourth-order valence-electron chi connectivity index (χ4n) is 2.67. The highest BCUT2D eigenvalue weighted by molar-refractivity contribution is 7.92. The number of rotatable bonds is 6. The van der Waals surface area contributed by atoms with Gasteiger partial charge in [-0.25, -0.2) is 8.42 Å². The molecular formula is C21H19ClN2O3S. The third kappa shape index (κ3) is 4.52. The molecule has 0 spiro atoms. The summed E-state index contributed by atoms with van der Waals surface area (Å²) in [6, 6.07) is 20.8. The van der Waals surface area contributed by atoms with Gasteiger partial charge in [-0.2, -0.15) is 0 Å². The molecule has 0 amide bonds. The van der Waals surface area contributed by atoms with E-state index in [0.717, 1.165) is 11.1 Å². The molecule has 28 heavy (non-hydrogen) atoms. The van der Waals surface area contributed by atoms with Crippen molar-refractivity contribution >= 4 is 33.0 Å². The molecule has 1 N–H and O–H groups in total. The zero-order valence-corrected chi connectivity index (χ0v) is 17.0. The standard InChI is InChI=1S/C21H19ClN2O3S/c1-15-8-11-18(12-9-15)28(25,26)24-20-13-10-17(22)14-19(20)21(23-27-2)16-6-4-3-5-7-16/h3-14,24H,1-2H3. The first kappa shape index (κ1) is 19.9. The first-order valence-electron chi connectivity index (χ1n) is 8.47. The maximum absolute atomic E-state index is 12.9. The molecule has 7 heteroatoms. The van der Waals surface area contributed by atoms with Crippen LogP contribution in [-0.2, 0) is 14.9 Å². The second-order valence-corrected chi connectivity index (χ2v) is 8.22. The Morgan fingerprint density at radius 3 is 2.32 bits per heavy atom. The van der Waals surface area contributed by atoms with Crippen LogP contribution in [0.5, 0.6) is 0 Å². The van der Waals surface area contributed by atoms with E-state index in [1.165, 1.54) is 7.11 Å². The van der Waals surface area contributed by atoms with Gasteiger partial charge in [-0.05, 0) is 37.3 Å². The van der Waals surface area contributed by atoms with E-state index in [1.54, 1.807) is 42.5 Å². The molecule has 0 bridgehead atoms. The predicted molar refractivity (Wildman–Crippen MR) is 113 cm³/mol. The van der Waals surface area contributed by atoms with E-state index in [1.807, 2.05) is 37.3 Å². The number of hydrogen-bond donors (Lipinski definition) is 1. The molecule has 0 fully saturated rings. The van der Waals surface area contributed by atoms with Crippen LogP contribution in [0.25, 0.3) is 0 Å². The molecule has 0 aliphatic rings. The molecule has 0 aromatic heterocycles. The minimum absolute atomic E-state index is 0.170. The van der Waals surface area contributed by atoms with E-state index >= 15 is 0 Å². The number of nitrogens with zero attached hydrogens (tertiary/aromatic N) is 1. The lowest BCUT2D eigenvalue weighted by molar-refractivity contribution is 0.214. The van der Waals surface area contributed by atoms with Crippen LogP contribution in [-0.4, -0.2) is 21.2 Å². The highest BCUT2D eigenvalue weighted by Crippen LogP contribution is 2.27. The van der Waals surface area contributed by atoms with E-state index in [2.05, 4.69) is 9.88 Å². The van der Waals surface area contributed by atoms with Gasteiger partial charge in [0.2, 0.25) is 0 Å². The molecular weight excluding hydrogens is 396 g/mol. The quantitative estimate of drug-likeness (QED) is 0.463. The Balaban J connectivity index is 2.08. The van der Waals surface area contributed by atoms with Crippen molar-refractivity contribution in [1.29, 1.82) is 0 Å². The van der Waals surface area contributed by atoms with Gasteiger partial charge in [0.05, 0.1) is 10.6 Å². The molecule has 0 aliphatic heterocycles. The zero-order valence-electron chi connectivity index (χ0n) is 15.4. The summed E-state index contributed by atoms with van der Waals surface area (Å²) in [5.74, 6) is 0. The van der Waals surface area contributed by atoms with Crippen LogP contribution >= 0.6 is 11.6 Å². The van der Waals surface area contributed by atoms with Crippen molar-refractivity contribution in [2.75, 3.05) is 11.8 Å². The van der Waals surface area contributed by atoms with Crippen LogP contribution in [0.15, 0.2) is 82.8 Å². The van der Waals surface area contributed by atoms with Crippen molar-refractivity contribution in [2.24, 2.45) is 5.16 Å². The lowest BCUT2D eigenvalue weighted by Gasteiger charge is -2.15. The highest BCUT2D eigenvalue weighted by Gasteiger charge is 2.19. The first-order chi connectivity index (χ1) is 13.4. The normalized spacial score (nSPS) is 11.9. The molecule has 0 aliphatic carbocycles. The second-order valence-electron chi connectivity index (χ2n) is 6.10. The van der Waals surface area contributed by atoms with Gasteiger partial charge in [0.15, 0.2) is 0 Å². The Morgan fingerprint density at radius 2 is 1.68 bits per heavy atom. The van der Waals surface area contributed by atoms with Crippen molar-refractivity contribution in [3.8, 4) is 0 Å². The largest absolute Gasteiger partial charge is 0.399 e. The van der Waals surface area contributed by atoms with Crippen molar-refractivity contribution in [1.82, 2.24) is 0 Å². The molecule has 0 saturated carbocycles. The summed E-state index contributed by atoms with van der Waals surface area (Å²) >= 11 is 6.18. The van der Waals surface area contributed by atoms with Crippen molar-refractivity contribution < 1.29 is 13.3 Å². The van der Waals surface area contributed by atoms with Gasteiger partial charge < -0.3 is 4.84 Å². The van der Waals surface area contributed by atoms with E-state index in [9.17, 15) is 8.42 Å². The maximum Gasteiger partial charge on any atom is 0.261 e. The lowest BCUT2D eigenvalue weighted by atomic mass is 10.0. The summed E-state index contributed by atoms with van der Waals surface area (Å²) in [6.07, 6.45) is 0. The Hall–Kier alpha value is -2.83. The Labute approximate surface area is 169 Å². The number of aryl methyl sites for hydroxylation is 1. The molecule has 0 unspecified atom stereocenters. The highest BCUT2D eigenvalue weighted by atomic mass is 35.5. The molecule has 0 saturated heterocycles. The van der Waals surface area contributed by atoms with Gasteiger partial charge in [0.25, 0.3) is 10.0 Å². The van der Waals surface area contributed by atoms with Crippen molar-refractivity contribution in [3.05, 3.63) is 94.5 Å². The topological polar surface area (TPSA) is 67.8 Å². The molecule has 0 radical (unpaired) electrons. The maximum atomic E-state index is 12.9. The number of halogens is 1. The van der Waals surface area contributed by atoms with Crippen LogP contribution in [0.3, 0.4) is 0 Å². The summed E-state index contributed by atoms with van der Waals surface area (Å²) in [6.45, 7) is 1.90. The zero-order chi connectivity index (χ0) is 20.1. The Bertz CT molecular complexity index is 1100. The van der Waals surface area contributed by atoms with E-state index in [4.69, 9.17) is 16.4 Å². The third-order valence-corrected chi connectivity index (χ3v) is 5.66. The fraction of sp³-hybridized carbons (Fsp3) is 0.0952. The SMILES string of the molecule is CON=C(c1ccccc1)c1cc(Cl)ccc1NS(=O)(=O)c1ccc(C)cc1. The average molecular weight is 415 g/mol. The smallest absolute Gasteiger partial charge is 0.261 e. The van der Waals surface area contributed by atoms with Crippen LogP contribution in [0, 0.1) is 6.92 Å². The molecule has 144 valence electrons. The summed E-state index contributed by atoms with van der Waals surface area (Å²) in [4.78, 5) is 5.17. The van der Waals surface area contributed by atoms with Gasteiger partial charge >= 0.3 is 0 Å². The first-order valence-corrected chi connectivity index (χ1v) is 10.3. The fourth-order valence-corrected chi connectivity index (χ4v) is 3.92. The van der Waals surface area contributed by atoms with Crippen molar-refractivity contribution in [3.63, 3.8) is 0 Å². The van der Waals surface area contributed by atoms with Gasteiger partial charge in [-0.1, -0.05) is 64.8 Å². The molecule has 3 rings (SSSR count). The number of nitrogens with one attached hydrogen (secondary N) is 1. The summed E-state index contributed by atoms with van der Waals surface area (Å²) in [7, 11) is -2.35.